The predicted molar refractivity (Wildman–Crippen MR) is 99.3 cm³/mol. The molecule has 0 radical (unpaired) electrons. The Morgan fingerprint density at radius 3 is 1.96 bits per heavy atom. The van der Waals surface area contributed by atoms with Gasteiger partial charge < -0.3 is 15.5 Å². The Morgan fingerprint density at radius 2 is 1.40 bits per heavy atom. The van der Waals surface area contributed by atoms with Crippen LogP contribution in [0, 0.1) is 5.41 Å². The van der Waals surface area contributed by atoms with Crippen molar-refractivity contribution in [3.63, 3.8) is 0 Å². The smallest absolute Gasteiger partial charge is 0.318 e. The Balaban J connectivity index is 1.59. The number of amides is 3. The highest BCUT2D eigenvalue weighted by molar-refractivity contribution is 5.81. The molecular weight excluding hydrogens is 314 g/mol. The summed E-state index contributed by atoms with van der Waals surface area (Å²) in [4.78, 5) is 27.3. The topological polar surface area (TPSA) is 61.4 Å². The van der Waals surface area contributed by atoms with E-state index in [0.29, 0.717) is 6.04 Å². The molecule has 2 N–H and O–H groups in total. The van der Waals surface area contributed by atoms with Crippen molar-refractivity contribution < 1.29 is 9.59 Å². The van der Waals surface area contributed by atoms with Crippen LogP contribution in [0.3, 0.4) is 0 Å². The minimum atomic E-state index is -0.357. The van der Waals surface area contributed by atoms with Gasteiger partial charge in [0.2, 0.25) is 5.91 Å². The van der Waals surface area contributed by atoms with Crippen molar-refractivity contribution in [2.45, 2.75) is 109 Å². The molecule has 142 valence electrons. The fourth-order valence-electron chi connectivity index (χ4n) is 4.73. The van der Waals surface area contributed by atoms with Gasteiger partial charge in [0.1, 0.15) is 0 Å². The average molecular weight is 350 g/mol. The molecule has 2 saturated heterocycles. The van der Waals surface area contributed by atoms with E-state index in [4.69, 9.17) is 0 Å². The van der Waals surface area contributed by atoms with E-state index in [-0.39, 0.29) is 35.5 Å². The van der Waals surface area contributed by atoms with Gasteiger partial charge in [0, 0.05) is 29.6 Å². The van der Waals surface area contributed by atoms with Crippen molar-refractivity contribution >= 4 is 11.9 Å². The zero-order valence-electron chi connectivity index (χ0n) is 16.1. The maximum Gasteiger partial charge on any atom is 0.318 e. The van der Waals surface area contributed by atoms with E-state index >= 15 is 0 Å². The Bertz CT molecular complexity index is 480. The Labute approximate surface area is 152 Å². The third-order valence-corrected chi connectivity index (χ3v) is 6.16. The van der Waals surface area contributed by atoms with E-state index in [2.05, 4.69) is 15.5 Å². The molecule has 0 aromatic heterocycles. The largest absolute Gasteiger partial charge is 0.353 e. The standard InChI is InChI=1S/C20H35N3O2/c1-20(2,3)18(24)21-15-12-16-10-7-11-17(13-15)23(16)19(25)22-14-8-5-4-6-9-14/h14-17H,4-13H2,1-3H3,(H,21,24)(H,22,25). The zero-order valence-corrected chi connectivity index (χ0v) is 16.1. The van der Waals surface area contributed by atoms with E-state index in [9.17, 15) is 9.59 Å². The summed E-state index contributed by atoms with van der Waals surface area (Å²) in [6.45, 7) is 5.86. The minimum absolute atomic E-state index is 0.121. The van der Waals surface area contributed by atoms with Crippen molar-refractivity contribution in [1.29, 1.82) is 0 Å². The molecule has 2 atom stereocenters. The molecule has 1 saturated carbocycles. The van der Waals surface area contributed by atoms with Crippen LogP contribution in [0.2, 0.25) is 0 Å². The van der Waals surface area contributed by atoms with Gasteiger partial charge in [-0.1, -0.05) is 40.0 Å². The lowest BCUT2D eigenvalue weighted by Crippen LogP contribution is -2.62. The number of carbonyl (C=O) groups is 2. The number of hydrogen-bond donors (Lipinski definition) is 2. The van der Waals surface area contributed by atoms with Crippen LogP contribution in [0.25, 0.3) is 0 Å². The number of carbonyl (C=O) groups excluding carboxylic acids is 2. The van der Waals surface area contributed by atoms with Gasteiger partial charge in [0.05, 0.1) is 0 Å². The zero-order chi connectivity index (χ0) is 18.0. The van der Waals surface area contributed by atoms with E-state index < -0.39 is 0 Å². The Morgan fingerprint density at radius 1 is 0.800 bits per heavy atom. The van der Waals surface area contributed by atoms with Crippen LogP contribution in [0.15, 0.2) is 0 Å². The predicted octanol–water partition coefficient (Wildman–Crippen LogP) is 3.58. The van der Waals surface area contributed by atoms with Gasteiger partial charge in [-0.25, -0.2) is 4.79 Å². The number of hydrogen-bond acceptors (Lipinski definition) is 2. The highest BCUT2D eigenvalue weighted by atomic mass is 16.2. The van der Waals surface area contributed by atoms with Gasteiger partial charge in [-0.15, -0.1) is 0 Å². The fraction of sp³-hybridized carbons (Fsp3) is 0.900. The average Bonchev–Trinajstić information content (AvgIpc) is 2.54. The molecule has 2 unspecified atom stereocenters. The summed E-state index contributed by atoms with van der Waals surface area (Å²) in [5, 5.41) is 6.53. The van der Waals surface area contributed by atoms with E-state index in [1.807, 2.05) is 20.8 Å². The third kappa shape index (κ3) is 4.48. The first-order valence-electron chi connectivity index (χ1n) is 10.2. The van der Waals surface area contributed by atoms with Gasteiger partial charge in [-0.2, -0.15) is 0 Å². The van der Waals surface area contributed by atoms with Crippen molar-refractivity contribution in [3.8, 4) is 0 Å². The van der Waals surface area contributed by atoms with E-state index in [1.165, 1.54) is 25.7 Å². The van der Waals surface area contributed by atoms with E-state index in [1.54, 1.807) is 0 Å². The normalized spacial score (nSPS) is 30.7. The first-order chi connectivity index (χ1) is 11.8. The molecule has 3 aliphatic rings. The maximum absolute atomic E-state index is 12.9. The highest BCUT2D eigenvalue weighted by Gasteiger charge is 2.42. The van der Waals surface area contributed by atoms with Crippen molar-refractivity contribution in [2.75, 3.05) is 0 Å². The SMILES string of the molecule is CC(C)(C)C(=O)NC1CC2CCCC(C1)N2C(=O)NC1CCCCC1. The second-order valence-corrected chi connectivity index (χ2v) is 9.32. The lowest BCUT2D eigenvalue weighted by molar-refractivity contribution is -0.129. The summed E-state index contributed by atoms with van der Waals surface area (Å²) in [6, 6.07) is 1.27. The van der Waals surface area contributed by atoms with Crippen LogP contribution in [-0.2, 0) is 4.79 Å². The quantitative estimate of drug-likeness (QED) is 0.800. The summed E-state index contributed by atoms with van der Waals surface area (Å²) < 4.78 is 0. The second-order valence-electron chi connectivity index (χ2n) is 9.32. The third-order valence-electron chi connectivity index (χ3n) is 6.16. The summed E-state index contributed by atoms with van der Waals surface area (Å²) in [5.41, 5.74) is -0.357. The van der Waals surface area contributed by atoms with Gasteiger partial charge >= 0.3 is 6.03 Å². The van der Waals surface area contributed by atoms with Crippen LogP contribution in [-0.4, -0.2) is 41.0 Å². The minimum Gasteiger partial charge on any atom is -0.353 e. The molecule has 1 aliphatic carbocycles. The molecule has 0 aromatic rings. The van der Waals surface area contributed by atoms with E-state index in [0.717, 1.165) is 38.5 Å². The van der Waals surface area contributed by atoms with Gasteiger partial charge in [0.25, 0.3) is 0 Å². The molecular formula is C20H35N3O2. The molecule has 3 rings (SSSR count). The Kier molecular flexibility index (Phi) is 5.59. The lowest BCUT2D eigenvalue weighted by atomic mass is 9.81. The molecule has 5 heteroatoms. The first kappa shape index (κ1) is 18.5. The number of piperidine rings is 2. The summed E-state index contributed by atoms with van der Waals surface area (Å²) in [6.07, 6.45) is 11.1. The summed E-state index contributed by atoms with van der Waals surface area (Å²) in [5.74, 6) is 0.121. The van der Waals surface area contributed by atoms with Crippen molar-refractivity contribution in [1.82, 2.24) is 15.5 Å². The molecule has 25 heavy (non-hydrogen) atoms. The van der Waals surface area contributed by atoms with Crippen LogP contribution in [0.4, 0.5) is 4.79 Å². The van der Waals surface area contributed by atoms with Gasteiger partial charge in [0.15, 0.2) is 0 Å². The molecule has 3 fully saturated rings. The molecule has 0 spiro atoms. The first-order valence-corrected chi connectivity index (χ1v) is 10.2. The molecule has 0 aromatic carbocycles. The number of urea groups is 1. The van der Waals surface area contributed by atoms with Gasteiger partial charge in [-0.3, -0.25) is 4.79 Å². The van der Waals surface area contributed by atoms with Crippen molar-refractivity contribution in [3.05, 3.63) is 0 Å². The molecule has 5 nitrogen and oxygen atoms in total. The molecule has 3 amide bonds. The number of fused-ring (bicyclic) bond motifs is 2. The van der Waals surface area contributed by atoms with Crippen LogP contribution < -0.4 is 10.6 Å². The van der Waals surface area contributed by atoms with Crippen LogP contribution >= 0.6 is 0 Å². The second kappa shape index (κ2) is 7.55. The molecule has 2 heterocycles. The van der Waals surface area contributed by atoms with Crippen molar-refractivity contribution in [2.24, 2.45) is 5.41 Å². The Hall–Kier alpha value is -1.26. The maximum atomic E-state index is 12.9. The number of nitrogens with zero attached hydrogens (tertiary/aromatic N) is 1. The lowest BCUT2D eigenvalue weighted by Gasteiger charge is -2.49. The number of nitrogens with one attached hydrogen (secondary N) is 2. The van der Waals surface area contributed by atoms with Gasteiger partial charge in [-0.05, 0) is 44.9 Å². The summed E-state index contributed by atoms with van der Waals surface area (Å²) >= 11 is 0. The monoisotopic (exact) mass is 349 g/mol. The highest BCUT2D eigenvalue weighted by Crippen LogP contribution is 2.34. The molecule has 2 bridgehead atoms. The van der Waals surface area contributed by atoms with Crippen LogP contribution in [0.5, 0.6) is 0 Å². The summed E-state index contributed by atoms with van der Waals surface area (Å²) in [7, 11) is 0. The van der Waals surface area contributed by atoms with Crippen LogP contribution in [0.1, 0.15) is 85.0 Å². The number of rotatable bonds is 2. The fourth-order valence-corrected chi connectivity index (χ4v) is 4.73. The molecule has 2 aliphatic heterocycles.